The molecule has 0 aliphatic carbocycles. The third kappa shape index (κ3) is 4.98. The number of nitrogens with zero attached hydrogens (tertiary/aromatic N) is 2. The SMILES string of the molecule is CCOC(=O)N1CCCN(C(=O)c2ccc(CC(C)C)cc2)CC1. The van der Waals surface area contributed by atoms with Crippen molar-refractivity contribution in [3.63, 3.8) is 0 Å². The van der Waals surface area contributed by atoms with E-state index in [1.807, 2.05) is 29.2 Å². The normalized spacial score (nSPS) is 15.3. The fourth-order valence-corrected chi connectivity index (χ4v) is 2.96. The van der Waals surface area contributed by atoms with E-state index in [2.05, 4.69) is 13.8 Å². The van der Waals surface area contributed by atoms with Crippen molar-refractivity contribution in [3.8, 4) is 0 Å². The molecule has 132 valence electrons. The van der Waals surface area contributed by atoms with Crippen molar-refractivity contribution in [1.82, 2.24) is 9.80 Å². The minimum atomic E-state index is -0.287. The van der Waals surface area contributed by atoms with Gasteiger partial charge in [-0.3, -0.25) is 4.79 Å². The van der Waals surface area contributed by atoms with E-state index in [-0.39, 0.29) is 12.0 Å². The van der Waals surface area contributed by atoms with Crippen LogP contribution in [0.5, 0.6) is 0 Å². The summed E-state index contributed by atoms with van der Waals surface area (Å²) in [6.07, 6.45) is 1.51. The first-order valence-corrected chi connectivity index (χ1v) is 8.81. The summed E-state index contributed by atoms with van der Waals surface area (Å²) in [5.74, 6) is 0.642. The number of hydrogen-bond donors (Lipinski definition) is 0. The molecule has 1 aromatic rings. The van der Waals surface area contributed by atoms with Gasteiger partial charge in [0.05, 0.1) is 6.61 Å². The first-order chi connectivity index (χ1) is 11.5. The van der Waals surface area contributed by atoms with E-state index in [1.54, 1.807) is 11.8 Å². The van der Waals surface area contributed by atoms with E-state index in [9.17, 15) is 9.59 Å². The zero-order valence-electron chi connectivity index (χ0n) is 15.0. The van der Waals surface area contributed by atoms with Gasteiger partial charge in [-0.15, -0.1) is 0 Å². The van der Waals surface area contributed by atoms with Crippen LogP contribution in [-0.4, -0.2) is 54.6 Å². The molecule has 2 rings (SSSR count). The van der Waals surface area contributed by atoms with Crippen molar-refractivity contribution < 1.29 is 14.3 Å². The van der Waals surface area contributed by atoms with Crippen LogP contribution in [-0.2, 0) is 11.2 Å². The van der Waals surface area contributed by atoms with Gasteiger partial charge in [0, 0.05) is 31.7 Å². The molecule has 0 atom stereocenters. The third-order valence-electron chi connectivity index (χ3n) is 4.15. The topological polar surface area (TPSA) is 49.9 Å². The maximum absolute atomic E-state index is 12.7. The molecule has 1 aromatic carbocycles. The average molecular weight is 332 g/mol. The Bertz CT molecular complexity index is 554. The molecule has 1 heterocycles. The van der Waals surface area contributed by atoms with Crippen molar-refractivity contribution in [2.45, 2.75) is 33.6 Å². The van der Waals surface area contributed by atoms with E-state index in [0.29, 0.717) is 44.3 Å². The van der Waals surface area contributed by atoms with Gasteiger partial charge in [-0.05, 0) is 43.4 Å². The summed E-state index contributed by atoms with van der Waals surface area (Å²) in [4.78, 5) is 28.0. The lowest BCUT2D eigenvalue weighted by Crippen LogP contribution is -2.37. The Balaban J connectivity index is 1.96. The maximum atomic E-state index is 12.7. The van der Waals surface area contributed by atoms with E-state index in [0.717, 1.165) is 12.8 Å². The second kappa shape index (κ2) is 8.71. The van der Waals surface area contributed by atoms with Crippen LogP contribution in [0.15, 0.2) is 24.3 Å². The first kappa shape index (κ1) is 18.3. The van der Waals surface area contributed by atoms with Gasteiger partial charge in [0.1, 0.15) is 0 Å². The number of amides is 2. The molecule has 0 spiro atoms. The van der Waals surface area contributed by atoms with E-state index < -0.39 is 0 Å². The van der Waals surface area contributed by atoms with Crippen LogP contribution >= 0.6 is 0 Å². The first-order valence-electron chi connectivity index (χ1n) is 8.81. The summed E-state index contributed by atoms with van der Waals surface area (Å²) in [7, 11) is 0. The van der Waals surface area contributed by atoms with Crippen molar-refractivity contribution in [2.75, 3.05) is 32.8 Å². The Morgan fingerprint density at radius 1 is 1.04 bits per heavy atom. The molecular formula is C19H28N2O3. The number of carbonyl (C=O) groups excluding carboxylic acids is 2. The fourth-order valence-electron chi connectivity index (χ4n) is 2.96. The van der Waals surface area contributed by atoms with Gasteiger partial charge >= 0.3 is 6.09 Å². The zero-order chi connectivity index (χ0) is 17.5. The molecule has 5 heteroatoms. The standard InChI is InChI=1S/C19H28N2O3/c1-4-24-19(23)21-11-5-10-20(12-13-21)18(22)17-8-6-16(7-9-17)14-15(2)3/h6-9,15H,4-5,10-14H2,1-3H3. The molecule has 24 heavy (non-hydrogen) atoms. The van der Waals surface area contributed by atoms with Gasteiger partial charge in [0.2, 0.25) is 0 Å². The van der Waals surface area contributed by atoms with E-state index in [4.69, 9.17) is 4.74 Å². The number of benzene rings is 1. The summed E-state index contributed by atoms with van der Waals surface area (Å²) in [5, 5.41) is 0. The predicted molar refractivity (Wildman–Crippen MR) is 94.1 cm³/mol. The second-order valence-electron chi connectivity index (χ2n) is 6.63. The summed E-state index contributed by atoms with van der Waals surface area (Å²) < 4.78 is 5.05. The van der Waals surface area contributed by atoms with Gasteiger partial charge < -0.3 is 14.5 Å². The van der Waals surface area contributed by atoms with E-state index >= 15 is 0 Å². The van der Waals surface area contributed by atoms with Crippen molar-refractivity contribution in [1.29, 1.82) is 0 Å². The number of ether oxygens (including phenoxy) is 1. The summed E-state index contributed by atoms with van der Waals surface area (Å²) in [6.45, 7) is 8.92. The zero-order valence-corrected chi connectivity index (χ0v) is 15.0. The van der Waals surface area contributed by atoms with Gasteiger partial charge in [-0.1, -0.05) is 26.0 Å². The van der Waals surface area contributed by atoms with Crippen LogP contribution in [0.2, 0.25) is 0 Å². The highest BCUT2D eigenvalue weighted by Gasteiger charge is 2.23. The maximum Gasteiger partial charge on any atom is 0.409 e. The Morgan fingerprint density at radius 2 is 1.67 bits per heavy atom. The fraction of sp³-hybridized carbons (Fsp3) is 0.579. The monoisotopic (exact) mass is 332 g/mol. The molecule has 2 amide bonds. The summed E-state index contributed by atoms with van der Waals surface area (Å²) in [5.41, 5.74) is 1.97. The van der Waals surface area contributed by atoms with Crippen molar-refractivity contribution in [3.05, 3.63) is 35.4 Å². The highest BCUT2D eigenvalue weighted by Crippen LogP contribution is 2.13. The van der Waals surface area contributed by atoms with Gasteiger partial charge in [0.25, 0.3) is 5.91 Å². The summed E-state index contributed by atoms with van der Waals surface area (Å²) >= 11 is 0. The number of rotatable bonds is 4. The second-order valence-corrected chi connectivity index (χ2v) is 6.63. The minimum Gasteiger partial charge on any atom is -0.450 e. The highest BCUT2D eigenvalue weighted by atomic mass is 16.6. The largest absolute Gasteiger partial charge is 0.450 e. The molecule has 0 saturated carbocycles. The van der Waals surface area contributed by atoms with Crippen LogP contribution < -0.4 is 0 Å². The number of hydrogen-bond acceptors (Lipinski definition) is 3. The Kier molecular flexibility index (Phi) is 6.64. The van der Waals surface area contributed by atoms with Crippen LogP contribution in [0.4, 0.5) is 4.79 Å². The smallest absolute Gasteiger partial charge is 0.409 e. The van der Waals surface area contributed by atoms with Gasteiger partial charge in [-0.25, -0.2) is 4.79 Å². The van der Waals surface area contributed by atoms with Gasteiger partial charge in [0.15, 0.2) is 0 Å². The summed E-state index contributed by atoms with van der Waals surface area (Å²) in [6, 6.07) is 7.90. The lowest BCUT2D eigenvalue weighted by molar-refractivity contribution is 0.0753. The van der Waals surface area contributed by atoms with Gasteiger partial charge in [-0.2, -0.15) is 0 Å². The van der Waals surface area contributed by atoms with Crippen LogP contribution in [0.1, 0.15) is 43.1 Å². The lowest BCUT2D eigenvalue weighted by atomic mass is 10.0. The molecule has 0 bridgehead atoms. The Hall–Kier alpha value is -2.04. The molecule has 5 nitrogen and oxygen atoms in total. The van der Waals surface area contributed by atoms with Crippen LogP contribution in [0.25, 0.3) is 0 Å². The van der Waals surface area contributed by atoms with Crippen LogP contribution in [0, 0.1) is 5.92 Å². The van der Waals surface area contributed by atoms with Crippen LogP contribution in [0.3, 0.4) is 0 Å². The molecule has 1 saturated heterocycles. The molecule has 0 radical (unpaired) electrons. The molecular weight excluding hydrogens is 304 g/mol. The van der Waals surface area contributed by atoms with Crippen molar-refractivity contribution in [2.24, 2.45) is 5.92 Å². The predicted octanol–water partition coefficient (Wildman–Crippen LogP) is 3.19. The molecule has 0 N–H and O–H groups in total. The highest BCUT2D eigenvalue weighted by molar-refractivity contribution is 5.94. The quantitative estimate of drug-likeness (QED) is 0.851. The molecule has 1 aliphatic rings. The van der Waals surface area contributed by atoms with E-state index in [1.165, 1.54) is 5.56 Å². The minimum absolute atomic E-state index is 0.0387. The Labute approximate surface area is 144 Å². The average Bonchev–Trinajstić information content (AvgIpc) is 2.81. The Morgan fingerprint density at radius 3 is 2.29 bits per heavy atom. The molecule has 1 fully saturated rings. The molecule has 0 unspecified atom stereocenters. The lowest BCUT2D eigenvalue weighted by Gasteiger charge is -2.22. The molecule has 0 aromatic heterocycles. The third-order valence-corrected chi connectivity index (χ3v) is 4.15. The molecule has 1 aliphatic heterocycles. The number of carbonyl (C=O) groups is 2. The van der Waals surface area contributed by atoms with Crippen molar-refractivity contribution >= 4 is 12.0 Å².